The Morgan fingerprint density at radius 3 is 3.15 bits per heavy atom. The minimum atomic E-state index is -0.254. The van der Waals surface area contributed by atoms with Crippen molar-refractivity contribution in [1.29, 1.82) is 5.26 Å². The standard InChI is InChI=1S/C16H18N6O4/c1-24-10-14-20-15(26-21-14)6-13-9-22(4-5-25-13)16(23)19-12-3-2-11(7-17)18-8-12/h2-3,8,13H,4-6,9-10H2,1H3,(H,19,23). The third-order valence-electron chi connectivity index (χ3n) is 3.74. The van der Waals surface area contributed by atoms with Crippen LogP contribution in [0.2, 0.25) is 0 Å². The van der Waals surface area contributed by atoms with Gasteiger partial charge in [-0.1, -0.05) is 5.16 Å². The van der Waals surface area contributed by atoms with Crippen LogP contribution in [0.15, 0.2) is 22.9 Å². The number of rotatable bonds is 5. The van der Waals surface area contributed by atoms with Gasteiger partial charge in [0.2, 0.25) is 5.89 Å². The van der Waals surface area contributed by atoms with Crippen molar-refractivity contribution in [2.24, 2.45) is 0 Å². The number of carbonyl (C=O) groups excluding carboxylic acids is 1. The average molecular weight is 358 g/mol. The fourth-order valence-corrected chi connectivity index (χ4v) is 2.52. The van der Waals surface area contributed by atoms with E-state index in [1.165, 1.54) is 6.20 Å². The van der Waals surface area contributed by atoms with Gasteiger partial charge in [0, 0.05) is 20.2 Å². The predicted octanol–water partition coefficient (Wildman–Crippen LogP) is 0.958. The molecule has 0 spiro atoms. The lowest BCUT2D eigenvalue weighted by Crippen LogP contribution is -2.48. The highest BCUT2D eigenvalue weighted by Gasteiger charge is 2.26. The zero-order valence-corrected chi connectivity index (χ0v) is 14.2. The SMILES string of the molecule is COCc1noc(CC2CN(C(=O)Nc3ccc(C#N)nc3)CCO2)n1. The van der Waals surface area contributed by atoms with E-state index in [0.29, 0.717) is 49.2 Å². The molecule has 0 aliphatic carbocycles. The van der Waals surface area contributed by atoms with Crippen molar-refractivity contribution in [1.82, 2.24) is 20.0 Å². The number of ether oxygens (including phenoxy) is 2. The van der Waals surface area contributed by atoms with E-state index < -0.39 is 0 Å². The minimum absolute atomic E-state index is 0.232. The normalized spacial score (nSPS) is 16.9. The van der Waals surface area contributed by atoms with E-state index in [9.17, 15) is 4.79 Å². The van der Waals surface area contributed by atoms with Gasteiger partial charge in [-0.25, -0.2) is 9.78 Å². The number of hydrogen-bond acceptors (Lipinski definition) is 8. The molecular formula is C16H18N6O4. The highest BCUT2D eigenvalue weighted by Crippen LogP contribution is 2.13. The lowest BCUT2D eigenvalue weighted by atomic mass is 10.2. The van der Waals surface area contributed by atoms with Crippen LogP contribution >= 0.6 is 0 Å². The molecule has 1 N–H and O–H groups in total. The Hall–Kier alpha value is -3.03. The molecule has 10 nitrogen and oxygen atoms in total. The van der Waals surface area contributed by atoms with Crippen molar-refractivity contribution >= 4 is 11.7 Å². The van der Waals surface area contributed by atoms with Crippen molar-refractivity contribution in [3.8, 4) is 6.07 Å². The van der Waals surface area contributed by atoms with E-state index in [1.807, 2.05) is 6.07 Å². The maximum atomic E-state index is 12.4. The van der Waals surface area contributed by atoms with Crippen LogP contribution in [0.4, 0.5) is 10.5 Å². The smallest absolute Gasteiger partial charge is 0.322 e. The molecule has 0 aromatic carbocycles. The number of amides is 2. The third kappa shape index (κ3) is 4.53. The Bertz CT molecular complexity index is 785. The summed E-state index contributed by atoms with van der Waals surface area (Å²) < 4.78 is 15.8. The number of nitriles is 1. The van der Waals surface area contributed by atoms with Gasteiger partial charge in [-0.3, -0.25) is 0 Å². The summed E-state index contributed by atoms with van der Waals surface area (Å²) >= 11 is 0. The number of urea groups is 1. The molecule has 1 unspecified atom stereocenters. The first kappa shape index (κ1) is 17.8. The Morgan fingerprint density at radius 2 is 2.42 bits per heavy atom. The molecule has 1 fully saturated rings. The van der Waals surface area contributed by atoms with E-state index in [1.54, 1.807) is 24.1 Å². The fourth-order valence-electron chi connectivity index (χ4n) is 2.52. The molecule has 26 heavy (non-hydrogen) atoms. The second kappa shape index (κ2) is 8.37. The van der Waals surface area contributed by atoms with Gasteiger partial charge >= 0.3 is 6.03 Å². The van der Waals surface area contributed by atoms with Gasteiger partial charge in [-0.2, -0.15) is 10.2 Å². The molecule has 10 heteroatoms. The molecule has 3 heterocycles. The van der Waals surface area contributed by atoms with Crippen LogP contribution in [-0.4, -0.2) is 59.0 Å². The van der Waals surface area contributed by atoms with E-state index in [0.717, 1.165) is 0 Å². The quantitative estimate of drug-likeness (QED) is 0.837. The number of morpholine rings is 1. The van der Waals surface area contributed by atoms with Crippen LogP contribution in [0.1, 0.15) is 17.4 Å². The van der Waals surface area contributed by atoms with Gasteiger partial charge in [-0.05, 0) is 12.1 Å². The van der Waals surface area contributed by atoms with Crippen LogP contribution in [0.3, 0.4) is 0 Å². The molecule has 1 aliphatic rings. The van der Waals surface area contributed by atoms with E-state index >= 15 is 0 Å². The molecule has 1 atom stereocenters. The Kier molecular flexibility index (Phi) is 5.73. The lowest BCUT2D eigenvalue weighted by Gasteiger charge is -2.32. The second-order valence-electron chi connectivity index (χ2n) is 5.65. The zero-order chi connectivity index (χ0) is 18.4. The number of methoxy groups -OCH3 is 1. The zero-order valence-electron chi connectivity index (χ0n) is 14.2. The van der Waals surface area contributed by atoms with Crippen molar-refractivity contribution in [2.45, 2.75) is 19.1 Å². The third-order valence-corrected chi connectivity index (χ3v) is 3.74. The summed E-state index contributed by atoms with van der Waals surface area (Å²) in [5, 5.41) is 15.3. The van der Waals surface area contributed by atoms with Gasteiger partial charge in [0.05, 0.1) is 31.0 Å². The lowest BCUT2D eigenvalue weighted by molar-refractivity contribution is -0.0148. The summed E-state index contributed by atoms with van der Waals surface area (Å²) in [6, 6.07) is 4.86. The number of aromatic nitrogens is 3. The number of pyridine rings is 1. The maximum Gasteiger partial charge on any atom is 0.322 e. The maximum absolute atomic E-state index is 12.4. The van der Waals surface area contributed by atoms with E-state index in [-0.39, 0.29) is 18.7 Å². The summed E-state index contributed by atoms with van der Waals surface area (Å²) in [5.41, 5.74) is 0.819. The summed E-state index contributed by atoms with van der Waals surface area (Å²) in [5.74, 6) is 0.918. The number of anilines is 1. The summed E-state index contributed by atoms with van der Waals surface area (Å²) in [6.45, 7) is 1.58. The molecule has 0 saturated carbocycles. The molecule has 2 aromatic heterocycles. The van der Waals surface area contributed by atoms with Gasteiger partial charge < -0.3 is 24.2 Å². The van der Waals surface area contributed by atoms with Crippen LogP contribution < -0.4 is 5.32 Å². The van der Waals surface area contributed by atoms with Gasteiger partial charge in [0.1, 0.15) is 18.4 Å². The van der Waals surface area contributed by atoms with Gasteiger partial charge in [0.15, 0.2) is 5.82 Å². The first-order chi connectivity index (χ1) is 12.7. The largest absolute Gasteiger partial charge is 0.377 e. The molecule has 3 rings (SSSR count). The number of nitrogens with zero attached hydrogens (tertiary/aromatic N) is 5. The van der Waals surface area contributed by atoms with Gasteiger partial charge in [-0.15, -0.1) is 0 Å². The highest BCUT2D eigenvalue weighted by atomic mass is 16.5. The minimum Gasteiger partial charge on any atom is -0.377 e. The van der Waals surface area contributed by atoms with Crippen molar-refractivity contribution < 1.29 is 18.8 Å². The van der Waals surface area contributed by atoms with Crippen molar-refractivity contribution in [3.63, 3.8) is 0 Å². The Balaban J connectivity index is 1.54. The van der Waals surface area contributed by atoms with Gasteiger partial charge in [0.25, 0.3) is 0 Å². The molecule has 1 saturated heterocycles. The van der Waals surface area contributed by atoms with E-state index in [4.69, 9.17) is 19.3 Å². The molecule has 0 radical (unpaired) electrons. The summed E-state index contributed by atoms with van der Waals surface area (Å²) in [4.78, 5) is 22.2. The van der Waals surface area contributed by atoms with Crippen LogP contribution in [0, 0.1) is 11.3 Å². The molecule has 2 aromatic rings. The monoisotopic (exact) mass is 358 g/mol. The molecule has 2 amide bonds. The Morgan fingerprint density at radius 1 is 1.54 bits per heavy atom. The topological polar surface area (TPSA) is 126 Å². The Labute approximate surface area is 149 Å². The number of nitrogens with one attached hydrogen (secondary N) is 1. The van der Waals surface area contributed by atoms with E-state index in [2.05, 4.69) is 20.4 Å². The molecule has 0 bridgehead atoms. The predicted molar refractivity (Wildman–Crippen MR) is 88.0 cm³/mol. The highest BCUT2D eigenvalue weighted by molar-refractivity contribution is 5.89. The fraction of sp³-hybridized carbons (Fsp3) is 0.438. The van der Waals surface area contributed by atoms with Crippen LogP contribution in [0.5, 0.6) is 0 Å². The molecular weight excluding hydrogens is 340 g/mol. The van der Waals surface area contributed by atoms with Crippen molar-refractivity contribution in [2.75, 3.05) is 32.1 Å². The van der Waals surface area contributed by atoms with Crippen molar-refractivity contribution in [3.05, 3.63) is 35.7 Å². The summed E-state index contributed by atoms with van der Waals surface area (Å²) in [6.07, 6.45) is 1.63. The number of carbonyl (C=O) groups is 1. The first-order valence-corrected chi connectivity index (χ1v) is 8.02. The molecule has 1 aliphatic heterocycles. The molecule has 136 valence electrons. The second-order valence-corrected chi connectivity index (χ2v) is 5.65. The number of hydrogen-bond donors (Lipinski definition) is 1. The first-order valence-electron chi connectivity index (χ1n) is 8.02. The average Bonchev–Trinajstić information content (AvgIpc) is 3.10. The van der Waals surface area contributed by atoms with Crippen LogP contribution in [-0.2, 0) is 22.5 Å². The summed E-state index contributed by atoms with van der Waals surface area (Å²) in [7, 11) is 1.56. The van der Waals surface area contributed by atoms with Crippen LogP contribution in [0.25, 0.3) is 0 Å².